The van der Waals surface area contributed by atoms with E-state index in [0.717, 1.165) is 12.1 Å². The van der Waals surface area contributed by atoms with Crippen molar-refractivity contribution in [1.29, 1.82) is 0 Å². The summed E-state index contributed by atoms with van der Waals surface area (Å²) < 4.78 is 73.2. The topological polar surface area (TPSA) is 63.2 Å². The van der Waals surface area contributed by atoms with Crippen LogP contribution in [0.4, 0.5) is 27.6 Å². The normalized spacial score (nSPS) is 16.5. The minimum Gasteiger partial charge on any atom is -0.490 e. The number of nitrogens with zero attached hydrogens (tertiary/aromatic N) is 1. The number of hydrogen-bond acceptors (Lipinski definition) is 4. The first kappa shape index (κ1) is 24.2. The van der Waals surface area contributed by atoms with Crippen molar-refractivity contribution in [3.05, 3.63) is 52.8 Å². The van der Waals surface area contributed by atoms with E-state index in [1.54, 1.807) is 6.92 Å². The number of ether oxygens (including phenoxy) is 1. The molecular weight excluding hydrogens is 457 g/mol. The summed E-state index contributed by atoms with van der Waals surface area (Å²) in [5, 5.41) is 5.50. The van der Waals surface area contributed by atoms with Gasteiger partial charge in [-0.05, 0) is 63.0 Å². The van der Waals surface area contributed by atoms with Crippen LogP contribution in [-0.4, -0.2) is 36.3 Å². The molecule has 174 valence electrons. The number of alkyl halides is 5. The molecule has 32 heavy (non-hydrogen) atoms. The highest BCUT2D eigenvalue weighted by atomic mass is 35.5. The van der Waals surface area contributed by atoms with E-state index in [1.165, 1.54) is 18.3 Å². The Labute approximate surface area is 186 Å². The van der Waals surface area contributed by atoms with Crippen molar-refractivity contribution in [2.75, 3.05) is 18.4 Å². The van der Waals surface area contributed by atoms with Crippen LogP contribution < -0.4 is 15.4 Å². The Morgan fingerprint density at radius 2 is 1.91 bits per heavy atom. The summed E-state index contributed by atoms with van der Waals surface area (Å²) in [6.45, 7) is 3.03. The smallest absolute Gasteiger partial charge is 0.458 e. The van der Waals surface area contributed by atoms with Gasteiger partial charge in [-0.3, -0.25) is 4.79 Å². The Balaban J connectivity index is 1.92. The molecule has 0 spiro atoms. The van der Waals surface area contributed by atoms with Gasteiger partial charge in [0.1, 0.15) is 10.9 Å². The number of aromatic nitrogens is 1. The largest absolute Gasteiger partial charge is 0.490 e. The lowest BCUT2D eigenvalue weighted by molar-refractivity contribution is -0.289. The van der Waals surface area contributed by atoms with E-state index in [9.17, 15) is 26.7 Å². The van der Waals surface area contributed by atoms with Gasteiger partial charge in [0, 0.05) is 18.0 Å². The van der Waals surface area contributed by atoms with E-state index in [4.69, 9.17) is 16.3 Å². The van der Waals surface area contributed by atoms with Crippen molar-refractivity contribution in [2.24, 2.45) is 5.92 Å². The van der Waals surface area contributed by atoms with Gasteiger partial charge in [0.05, 0.1) is 17.2 Å². The summed E-state index contributed by atoms with van der Waals surface area (Å²) in [5.41, 5.74) is -1.32. The highest BCUT2D eigenvalue weighted by Gasteiger charge is 2.60. The van der Waals surface area contributed by atoms with Gasteiger partial charge in [-0.15, -0.1) is 0 Å². The van der Waals surface area contributed by atoms with Crippen LogP contribution in [0.15, 0.2) is 36.5 Å². The van der Waals surface area contributed by atoms with E-state index in [2.05, 4.69) is 15.6 Å². The van der Waals surface area contributed by atoms with E-state index in [0.29, 0.717) is 32.0 Å². The fourth-order valence-electron chi connectivity index (χ4n) is 3.47. The maximum Gasteiger partial charge on any atom is 0.458 e. The van der Waals surface area contributed by atoms with E-state index in [1.807, 2.05) is 0 Å². The molecule has 1 amide bonds. The quantitative estimate of drug-likeness (QED) is 0.431. The molecule has 2 heterocycles. The molecule has 1 aromatic heterocycles. The number of benzene rings is 1. The number of halogens is 6. The number of pyridine rings is 1. The van der Waals surface area contributed by atoms with Crippen molar-refractivity contribution >= 4 is 23.2 Å². The van der Waals surface area contributed by atoms with Crippen LogP contribution in [0.25, 0.3) is 0 Å². The first-order valence-electron chi connectivity index (χ1n) is 9.89. The summed E-state index contributed by atoms with van der Waals surface area (Å²) in [7, 11) is 0. The number of nitrogens with one attached hydrogen (secondary N) is 2. The van der Waals surface area contributed by atoms with Crippen molar-refractivity contribution in [3.8, 4) is 5.75 Å². The fourth-order valence-corrected chi connectivity index (χ4v) is 3.68. The third kappa shape index (κ3) is 5.29. The summed E-state index contributed by atoms with van der Waals surface area (Å²) >= 11 is 5.88. The molecule has 0 aliphatic carbocycles. The summed E-state index contributed by atoms with van der Waals surface area (Å²) in [6.07, 6.45) is -3.65. The molecule has 0 saturated carbocycles. The van der Waals surface area contributed by atoms with E-state index in [-0.39, 0.29) is 22.3 Å². The molecule has 1 aromatic carbocycles. The summed E-state index contributed by atoms with van der Waals surface area (Å²) in [5.74, 6) is -6.49. The summed E-state index contributed by atoms with van der Waals surface area (Å²) in [4.78, 5) is 16.2. The molecule has 1 aliphatic rings. The second-order valence-corrected chi connectivity index (χ2v) is 7.85. The molecule has 2 aromatic rings. The molecule has 1 atom stereocenters. The Morgan fingerprint density at radius 3 is 2.53 bits per heavy atom. The number of hydrogen-bond donors (Lipinski definition) is 2. The number of piperidine rings is 1. The molecule has 1 fully saturated rings. The first-order valence-corrected chi connectivity index (χ1v) is 10.3. The van der Waals surface area contributed by atoms with Gasteiger partial charge in [-0.2, -0.15) is 22.0 Å². The van der Waals surface area contributed by atoms with Crippen LogP contribution in [0.1, 0.15) is 35.7 Å². The third-order valence-electron chi connectivity index (χ3n) is 5.30. The molecule has 5 nitrogen and oxygen atoms in total. The number of rotatable bonds is 6. The Kier molecular flexibility index (Phi) is 7.24. The van der Waals surface area contributed by atoms with Gasteiger partial charge in [0.15, 0.2) is 0 Å². The van der Waals surface area contributed by atoms with Gasteiger partial charge in [-0.1, -0.05) is 11.6 Å². The molecule has 1 saturated heterocycles. The Bertz CT molecular complexity index is 965. The van der Waals surface area contributed by atoms with Crippen molar-refractivity contribution in [3.63, 3.8) is 0 Å². The molecule has 1 aliphatic heterocycles. The second-order valence-electron chi connectivity index (χ2n) is 7.49. The van der Waals surface area contributed by atoms with Gasteiger partial charge in [0.25, 0.3) is 5.91 Å². The molecule has 11 heteroatoms. The minimum absolute atomic E-state index is 0.0175. The van der Waals surface area contributed by atoms with Crippen molar-refractivity contribution in [1.82, 2.24) is 10.3 Å². The molecule has 3 rings (SSSR count). The SMILES string of the molecule is CC(Oc1cc(NC(=O)c2cccnc2Cl)ccc1C(F)(F)C(F)(F)F)C1CCNCC1. The predicted molar refractivity (Wildman–Crippen MR) is 109 cm³/mol. The average molecular weight is 478 g/mol. The molecule has 2 N–H and O–H groups in total. The van der Waals surface area contributed by atoms with Gasteiger partial charge >= 0.3 is 12.1 Å². The zero-order valence-electron chi connectivity index (χ0n) is 17.0. The highest BCUT2D eigenvalue weighted by Crippen LogP contribution is 2.48. The Hall–Kier alpha value is -2.46. The second kappa shape index (κ2) is 9.58. The van der Waals surface area contributed by atoms with Crippen molar-refractivity contribution in [2.45, 2.75) is 38.0 Å². The average Bonchev–Trinajstić information content (AvgIpc) is 2.74. The lowest BCUT2D eigenvalue weighted by Crippen LogP contribution is -2.37. The van der Waals surface area contributed by atoms with Crippen LogP contribution in [0.5, 0.6) is 5.75 Å². The number of amides is 1. The van der Waals surface area contributed by atoms with Gasteiger partial charge < -0.3 is 15.4 Å². The third-order valence-corrected chi connectivity index (χ3v) is 5.60. The van der Waals surface area contributed by atoms with Crippen LogP contribution in [0.3, 0.4) is 0 Å². The van der Waals surface area contributed by atoms with Crippen LogP contribution in [0, 0.1) is 5.92 Å². The standard InChI is InChI=1S/C21H21ClF5N3O2/c1-12(13-6-9-28-10-7-13)32-17-11-14(4-5-16(17)20(23,24)21(25,26)27)30-19(31)15-3-2-8-29-18(15)22/h2-5,8,11-13,28H,6-7,9-10H2,1H3,(H,30,31). The van der Waals surface area contributed by atoms with Crippen LogP contribution in [-0.2, 0) is 5.92 Å². The van der Waals surface area contributed by atoms with Gasteiger partial charge in [0.2, 0.25) is 0 Å². The van der Waals surface area contributed by atoms with Gasteiger partial charge in [-0.25, -0.2) is 4.98 Å². The van der Waals surface area contributed by atoms with Crippen LogP contribution >= 0.6 is 11.6 Å². The molecule has 0 bridgehead atoms. The lowest BCUT2D eigenvalue weighted by atomic mass is 9.93. The Morgan fingerprint density at radius 1 is 1.22 bits per heavy atom. The number of anilines is 1. The number of carbonyl (C=O) groups is 1. The fraction of sp³-hybridized carbons (Fsp3) is 0.429. The first-order chi connectivity index (χ1) is 15.0. The minimum atomic E-state index is -5.81. The molecular formula is C21H21ClF5N3O2. The number of carbonyl (C=O) groups excluding carboxylic acids is 1. The molecule has 1 unspecified atom stereocenters. The predicted octanol–water partition coefficient (Wildman–Crippen LogP) is 5.41. The summed E-state index contributed by atoms with van der Waals surface area (Å²) in [6, 6.07) is 5.41. The highest BCUT2D eigenvalue weighted by molar-refractivity contribution is 6.33. The lowest BCUT2D eigenvalue weighted by Gasteiger charge is -2.30. The monoisotopic (exact) mass is 477 g/mol. The maximum atomic E-state index is 14.2. The maximum absolute atomic E-state index is 14.2. The van der Waals surface area contributed by atoms with E-state index < -0.39 is 35.4 Å². The van der Waals surface area contributed by atoms with E-state index >= 15 is 0 Å². The zero-order valence-corrected chi connectivity index (χ0v) is 17.7. The molecule has 0 radical (unpaired) electrons. The van der Waals surface area contributed by atoms with Crippen molar-refractivity contribution < 1.29 is 31.5 Å². The van der Waals surface area contributed by atoms with Crippen LogP contribution in [0.2, 0.25) is 5.15 Å². The zero-order chi connectivity index (χ0) is 23.5.